The maximum absolute atomic E-state index is 13.4. The van der Waals surface area contributed by atoms with E-state index in [2.05, 4.69) is 15.4 Å². The number of carbonyl (C=O) groups excluding carboxylic acids is 5. The van der Waals surface area contributed by atoms with Crippen molar-refractivity contribution in [2.45, 2.75) is 185 Å². The molecule has 3 saturated heterocycles. The molecule has 3 aliphatic rings. The SMILES string of the molecule is CC(C)(C)OC(=O)N1CCC(C(=O)NCc2ccccc2)(c2ccccc2)CC1.CC(C)(C)OC(=O)N1CCC(C(=O)O)(c2ccccc2)CC1.CC(C)(C)OC(=O)OC(=O)OC(C)(C)C.Cc1ccc(S(=O)(=O)O)cc1.NCc1ccccc1.O=C(O)C1(c2ccccc2)CCNCC1. The first kappa shape index (κ1) is 83.3. The molecule has 0 unspecified atom stereocenters. The molecular formula is C77H103N5O17S. The van der Waals surface area contributed by atoms with Crippen molar-refractivity contribution in [3.63, 3.8) is 0 Å². The van der Waals surface area contributed by atoms with Crippen LogP contribution in [0.5, 0.6) is 0 Å². The number of carboxylic acid groups (broad SMARTS) is 2. The highest BCUT2D eigenvalue weighted by Gasteiger charge is 2.46. The van der Waals surface area contributed by atoms with E-state index in [1.165, 1.54) is 17.7 Å². The zero-order chi connectivity index (χ0) is 74.6. The van der Waals surface area contributed by atoms with Crippen LogP contribution in [0.25, 0.3) is 0 Å². The van der Waals surface area contributed by atoms with Gasteiger partial charge in [0.2, 0.25) is 5.91 Å². The first-order valence-corrected chi connectivity index (χ1v) is 34.7. The number of nitrogens with zero attached hydrogens (tertiary/aromatic N) is 2. The van der Waals surface area contributed by atoms with Crippen LogP contribution in [0, 0.1) is 6.92 Å². The van der Waals surface area contributed by atoms with Crippen molar-refractivity contribution in [2.24, 2.45) is 5.73 Å². The van der Waals surface area contributed by atoms with Crippen LogP contribution in [-0.2, 0) is 77.5 Å². The van der Waals surface area contributed by atoms with Crippen LogP contribution >= 0.6 is 0 Å². The number of nitrogens with one attached hydrogen (secondary N) is 2. The summed E-state index contributed by atoms with van der Waals surface area (Å²) >= 11 is 0. The number of amides is 3. The van der Waals surface area contributed by atoms with Gasteiger partial charge in [0, 0.05) is 39.3 Å². The van der Waals surface area contributed by atoms with Crippen molar-refractivity contribution in [3.05, 3.63) is 209 Å². The fourth-order valence-corrected chi connectivity index (χ4v) is 11.2. The summed E-state index contributed by atoms with van der Waals surface area (Å²) in [6.07, 6.45) is 0.459. The Labute approximate surface area is 590 Å². The molecule has 0 spiro atoms. The van der Waals surface area contributed by atoms with Crippen LogP contribution < -0.4 is 16.4 Å². The minimum absolute atomic E-state index is 0.0105. The number of carboxylic acids is 2. The monoisotopic (exact) mass is 1400 g/mol. The van der Waals surface area contributed by atoms with E-state index in [4.69, 9.17) is 29.2 Å². The van der Waals surface area contributed by atoms with Crippen molar-refractivity contribution < 1.29 is 80.4 Å². The highest BCUT2D eigenvalue weighted by Crippen LogP contribution is 2.39. The molecule has 0 radical (unpaired) electrons. The van der Waals surface area contributed by atoms with Gasteiger partial charge in [0.25, 0.3) is 10.1 Å². The number of hydrogen-bond donors (Lipinski definition) is 6. The van der Waals surface area contributed by atoms with E-state index in [9.17, 15) is 52.2 Å². The number of likely N-dealkylation sites (tertiary alicyclic amines) is 2. The van der Waals surface area contributed by atoms with Gasteiger partial charge >= 0.3 is 36.4 Å². The second-order valence-corrected chi connectivity index (χ2v) is 29.7. The zero-order valence-electron chi connectivity index (χ0n) is 60.1. The predicted molar refractivity (Wildman–Crippen MR) is 383 cm³/mol. The molecule has 7 N–H and O–H groups in total. The normalized spacial score (nSPS) is 15.3. The molecule has 3 fully saturated rings. The second kappa shape index (κ2) is 37.9. The Bertz CT molecular complexity index is 3600. The third-order valence-electron chi connectivity index (χ3n) is 15.9. The molecule has 3 amide bonds. The van der Waals surface area contributed by atoms with E-state index >= 15 is 0 Å². The summed E-state index contributed by atoms with van der Waals surface area (Å²) in [7, 11) is -4.02. The molecule has 6 aromatic carbocycles. The molecule has 0 bridgehead atoms. The van der Waals surface area contributed by atoms with Crippen molar-refractivity contribution in [3.8, 4) is 0 Å². The number of nitrogens with two attached hydrogens (primary N) is 1. The summed E-state index contributed by atoms with van der Waals surface area (Å²) in [6.45, 7) is 27.3. The molecule has 0 aliphatic carbocycles. The lowest BCUT2D eigenvalue weighted by molar-refractivity contribution is -0.146. The molecule has 6 aromatic rings. The minimum atomic E-state index is -4.02. The Kier molecular flexibility index (Phi) is 31.5. The maximum atomic E-state index is 13.4. The summed E-state index contributed by atoms with van der Waals surface area (Å²) in [5.74, 6) is -1.52. The first-order chi connectivity index (χ1) is 46.7. The summed E-state index contributed by atoms with van der Waals surface area (Å²) in [4.78, 5) is 86.4. The van der Waals surface area contributed by atoms with Crippen molar-refractivity contribution >= 4 is 52.5 Å². The number of rotatable bonds is 10. The number of hydrogen-bond acceptors (Lipinski definition) is 16. The van der Waals surface area contributed by atoms with Gasteiger partial charge < -0.3 is 60.1 Å². The van der Waals surface area contributed by atoms with Gasteiger partial charge in [-0.25, -0.2) is 19.2 Å². The maximum Gasteiger partial charge on any atom is 0.519 e. The highest BCUT2D eigenvalue weighted by atomic mass is 32.2. The topological polar surface area (TPSA) is 317 Å². The van der Waals surface area contributed by atoms with Crippen molar-refractivity contribution in [1.29, 1.82) is 0 Å². The average Bonchev–Trinajstić information content (AvgIpc) is 0.791. The van der Waals surface area contributed by atoms with Gasteiger partial charge in [-0.2, -0.15) is 8.42 Å². The van der Waals surface area contributed by atoms with Crippen molar-refractivity contribution in [1.82, 2.24) is 20.4 Å². The van der Waals surface area contributed by atoms with Gasteiger partial charge in [-0.05, 0) is 182 Å². The summed E-state index contributed by atoms with van der Waals surface area (Å²) in [5.41, 5.74) is 6.58. The van der Waals surface area contributed by atoms with Gasteiger partial charge in [-0.1, -0.05) is 169 Å². The molecule has 0 saturated carbocycles. The third-order valence-corrected chi connectivity index (χ3v) is 16.7. The summed E-state index contributed by atoms with van der Waals surface area (Å²) in [6, 6.07) is 54.6. The van der Waals surface area contributed by atoms with Gasteiger partial charge in [0.15, 0.2) is 0 Å². The van der Waals surface area contributed by atoms with Gasteiger partial charge in [-0.15, -0.1) is 0 Å². The molecule has 0 atom stereocenters. The quantitative estimate of drug-likeness (QED) is 0.0321. The van der Waals surface area contributed by atoms with E-state index in [1.807, 2.05) is 200 Å². The van der Waals surface area contributed by atoms with Gasteiger partial charge in [0.05, 0.1) is 21.1 Å². The molecular weight excluding hydrogens is 1300 g/mol. The summed E-state index contributed by atoms with van der Waals surface area (Å²) in [5, 5.41) is 25.5. The van der Waals surface area contributed by atoms with E-state index in [1.54, 1.807) is 63.5 Å². The van der Waals surface area contributed by atoms with Gasteiger partial charge in [-0.3, -0.25) is 18.9 Å². The Morgan fingerprint density at radius 3 is 1.08 bits per heavy atom. The number of piperidine rings is 3. The lowest BCUT2D eigenvalue weighted by Crippen LogP contribution is -2.53. The fraction of sp³-hybridized carbons (Fsp3) is 0.442. The molecule has 22 nitrogen and oxygen atoms in total. The number of carbonyl (C=O) groups is 7. The van der Waals surface area contributed by atoms with Gasteiger partial charge in [0.1, 0.15) is 22.4 Å². The van der Waals surface area contributed by atoms with Crippen LogP contribution in [0.2, 0.25) is 0 Å². The number of aliphatic carboxylic acids is 2. The fourth-order valence-electron chi connectivity index (χ4n) is 10.7. The average molecular weight is 1400 g/mol. The van der Waals surface area contributed by atoms with Crippen LogP contribution in [-0.4, -0.2) is 137 Å². The predicted octanol–water partition coefficient (Wildman–Crippen LogP) is 14.0. The zero-order valence-corrected chi connectivity index (χ0v) is 60.9. The lowest BCUT2D eigenvalue weighted by atomic mass is 9.72. The first-order valence-electron chi connectivity index (χ1n) is 33.3. The summed E-state index contributed by atoms with van der Waals surface area (Å²) < 4.78 is 54.2. The van der Waals surface area contributed by atoms with E-state index in [0.29, 0.717) is 77.8 Å². The number of benzene rings is 6. The van der Waals surface area contributed by atoms with Crippen LogP contribution in [0.4, 0.5) is 19.2 Å². The standard InChI is InChI=1S/C24H30N2O3.C17H23NO4.C12H15NO2.C10H18O5.C7H9N.C7H8O3S/c1-23(2,3)29-22(28)26-16-14-24(15-17-26,20-12-8-5-9-13-20)21(27)25-18-19-10-6-4-7-11-19;1-16(2,3)22-15(21)18-11-9-17(10-12-18,14(19)20)13-7-5-4-6-8-13;14-11(15)12(6-8-13-9-7-12)10-4-2-1-3-5-10;1-9(2,3)14-7(11)13-8(12)15-10(4,5)6;8-6-7-4-2-1-3-5-7;1-6-2-4-7(5-3-6)11(8,9)10/h4-13H,14-18H2,1-3H3,(H,25,27);4-8H,9-12H2,1-3H3,(H,19,20);1-5,13H,6-9H2,(H,14,15);1-6H3;1-5H,6,8H2;2-5H,1H3,(H,8,9,10). The Balaban J connectivity index is 0.000000267. The Hall–Kier alpha value is -9.16. The molecule has 3 heterocycles. The van der Waals surface area contributed by atoms with Crippen molar-refractivity contribution in [2.75, 3.05) is 39.3 Å². The number of ether oxygens (including phenoxy) is 5. The second-order valence-electron chi connectivity index (χ2n) is 28.3. The van der Waals surface area contributed by atoms with Crippen LogP contribution in [0.3, 0.4) is 0 Å². The minimum Gasteiger partial charge on any atom is -0.481 e. The van der Waals surface area contributed by atoms with E-state index in [0.717, 1.165) is 40.9 Å². The van der Waals surface area contributed by atoms with E-state index < -0.39 is 73.0 Å². The van der Waals surface area contributed by atoms with E-state index in [-0.39, 0.29) is 23.0 Å². The molecule has 100 heavy (non-hydrogen) atoms. The Morgan fingerprint density at radius 1 is 0.460 bits per heavy atom. The lowest BCUT2D eigenvalue weighted by Gasteiger charge is -2.41. The Morgan fingerprint density at radius 2 is 0.770 bits per heavy atom. The molecule has 9 rings (SSSR count). The molecule has 3 aliphatic heterocycles. The molecule has 0 aromatic heterocycles. The number of aryl methyl sites for hydroxylation is 1. The molecule has 544 valence electrons. The third kappa shape index (κ3) is 28.2. The highest BCUT2D eigenvalue weighted by molar-refractivity contribution is 7.85. The van der Waals surface area contributed by atoms with Crippen LogP contribution in [0.15, 0.2) is 181 Å². The largest absolute Gasteiger partial charge is 0.519 e. The van der Waals surface area contributed by atoms with Crippen LogP contribution in [0.1, 0.15) is 155 Å². The molecule has 23 heteroatoms. The smallest absolute Gasteiger partial charge is 0.481 e.